The van der Waals surface area contributed by atoms with Crippen LogP contribution in [-0.4, -0.2) is 78.8 Å². The number of phenolic OH excluding ortho intramolecular Hbond substituents is 1. The lowest BCUT2D eigenvalue weighted by atomic mass is 9.89. The first kappa shape index (κ1) is 23.9. The van der Waals surface area contributed by atoms with E-state index in [2.05, 4.69) is 4.99 Å². The van der Waals surface area contributed by atoms with Crippen molar-refractivity contribution in [2.45, 2.75) is 25.4 Å². The minimum atomic E-state index is -0.144. The number of ether oxygens (including phenoxy) is 1. The highest BCUT2D eigenvalue weighted by molar-refractivity contribution is 6.23. The van der Waals surface area contributed by atoms with Gasteiger partial charge in [0.25, 0.3) is 0 Å². The fourth-order valence-corrected chi connectivity index (χ4v) is 4.71. The molecule has 2 fully saturated rings. The number of nitrogens with zero attached hydrogens (tertiary/aromatic N) is 3. The molecule has 1 amide bonds. The van der Waals surface area contributed by atoms with Crippen LogP contribution in [0.25, 0.3) is 5.70 Å². The number of amidine groups is 1. The highest BCUT2D eigenvalue weighted by Gasteiger charge is 2.38. The van der Waals surface area contributed by atoms with Gasteiger partial charge in [0.2, 0.25) is 5.91 Å². The minimum absolute atomic E-state index is 0.00425. The van der Waals surface area contributed by atoms with Gasteiger partial charge in [-0.25, -0.2) is 4.99 Å². The first-order valence-electron chi connectivity index (χ1n) is 11.7. The van der Waals surface area contributed by atoms with Crippen LogP contribution < -0.4 is 5.73 Å². The van der Waals surface area contributed by atoms with E-state index < -0.39 is 0 Å². The maximum atomic E-state index is 12.6. The molecule has 0 bridgehead atoms. The van der Waals surface area contributed by atoms with Gasteiger partial charge in [-0.3, -0.25) is 10.2 Å². The van der Waals surface area contributed by atoms with Gasteiger partial charge in [-0.1, -0.05) is 18.2 Å². The Morgan fingerprint density at radius 1 is 1.35 bits per heavy atom. The lowest BCUT2D eigenvalue weighted by molar-refractivity contribution is -0.125. The summed E-state index contributed by atoms with van der Waals surface area (Å²) in [5.41, 5.74) is 9.61. The summed E-state index contributed by atoms with van der Waals surface area (Å²) in [6.07, 6.45) is 7.70. The number of aromatic hydroxyl groups is 1. The number of carbonyl (C=O) groups is 1. The van der Waals surface area contributed by atoms with E-state index in [1.807, 2.05) is 36.0 Å². The van der Waals surface area contributed by atoms with E-state index in [0.29, 0.717) is 43.1 Å². The summed E-state index contributed by atoms with van der Waals surface area (Å²) in [5.74, 6) is 0.288. The lowest BCUT2D eigenvalue weighted by Crippen LogP contribution is -2.30. The van der Waals surface area contributed by atoms with Gasteiger partial charge in [0.15, 0.2) is 5.84 Å². The Hall–Kier alpha value is -3.23. The molecule has 3 aliphatic heterocycles. The average molecular weight is 464 g/mol. The van der Waals surface area contributed by atoms with Crippen LogP contribution in [0, 0.1) is 11.3 Å². The Morgan fingerprint density at radius 2 is 2.15 bits per heavy atom. The van der Waals surface area contributed by atoms with Gasteiger partial charge in [0.05, 0.1) is 11.8 Å². The van der Waals surface area contributed by atoms with E-state index in [1.165, 1.54) is 0 Å². The van der Waals surface area contributed by atoms with Crippen LogP contribution in [0.2, 0.25) is 0 Å². The largest absolute Gasteiger partial charge is 0.507 e. The number of hydrogen-bond donors (Lipinski definition) is 3. The Balaban J connectivity index is 1.60. The zero-order valence-corrected chi connectivity index (χ0v) is 19.8. The van der Waals surface area contributed by atoms with Crippen molar-refractivity contribution in [1.82, 2.24) is 9.80 Å². The number of aliphatic imine (C=N–C) groups is 1. The van der Waals surface area contributed by atoms with Crippen molar-refractivity contribution in [3.05, 3.63) is 59.2 Å². The second-order valence-corrected chi connectivity index (χ2v) is 9.23. The maximum absolute atomic E-state index is 12.6. The number of likely N-dealkylation sites (tertiary alicyclic amines) is 1. The number of likely N-dealkylation sites (N-methyl/N-ethyl adjacent to an activating group) is 1. The van der Waals surface area contributed by atoms with Gasteiger partial charge in [-0.05, 0) is 51.6 Å². The summed E-state index contributed by atoms with van der Waals surface area (Å²) >= 11 is 0. The van der Waals surface area contributed by atoms with Crippen LogP contribution in [0.4, 0.5) is 0 Å². The van der Waals surface area contributed by atoms with Gasteiger partial charge in [0, 0.05) is 60.6 Å². The fourth-order valence-electron chi connectivity index (χ4n) is 4.71. The molecule has 8 heteroatoms. The molecule has 4 N–H and O–H groups in total. The Labute approximate surface area is 200 Å². The van der Waals surface area contributed by atoms with Gasteiger partial charge in [-0.15, -0.1) is 0 Å². The van der Waals surface area contributed by atoms with E-state index in [0.717, 1.165) is 30.5 Å². The van der Waals surface area contributed by atoms with Gasteiger partial charge >= 0.3 is 0 Å². The van der Waals surface area contributed by atoms with Crippen molar-refractivity contribution in [2.24, 2.45) is 16.6 Å². The number of phenols is 1. The molecule has 1 aromatic rings. The topological polar surface area (TPSA) is 115 Å². The number of carbonyl (C=O) groups excluding carboxylic acids is 1. The second-order valence-electron chi connectivity index (χ2n) is 9.23. The molecule has 34 heavy (non-hydrogen) atoms. The highest BCUT2D eigenvalue weighted by atomic mass is 16.5. The molecule has 0 spiro atoms. The third-order valence-electron chi connectivity index (χ3n) is 6.44. The van der Waals surface area contributed by atoms with Crippen LogP contribution in [0.15, 0.2) is 58.6 Å². The molecule has 180 valence electrons. The van der Waals surface area contributed by atoms with Gasteiger partial charge < -0.3 is 25.4 Å². The van der Waals surface area contributed by atoms with Crippen LogP contribution >= 0.6 is 0 Å². The van der Waals surface area contributed by atoms with Crippen molar-refractivity contribution in [2.75, 3.05) is 40.3 Å². The number of para-hydroxylation sites is 1. The number of rotatable bonds is 7. The van der Waals surface area contributed by atoms with Crippen molar-refractivity contribution in [3.8, 4) is 5.75 Å². The molecule has 4 rings (SSSR count). The van der Waals surface area contributed by atoms with Gasteiger partial charge in [-0.2, -0.15) is 0 Å². The molecule has 0 radical (unpaired) electrons. The van der Waals surface area contributed by atoms with Crippen molar-refractivity contribution < 1.29 is 14.6 Å². The number of hydrogen-bond acceptors (Lipinski definition) is 6. The number of nitrogens with one attached hydrogen (secondary N) is 1. The van der Waals surface area contributed by atoms with Crippen LogP contribution in [-0.2, 0) is 9.53 Å². The molecule has 0 aliphatic carbocycles. The van der Waals surface area contributed by atoms with E-state index in [-0.39, 0.29) is 29.5 Å². The summed E-state index contributed by atoms with van der Waals surface area (Å²) in [7, 11) is 3.93. The normalized spacial score (nSPS) is 23.6. The van der Waals surface area contributed by atoms with Crippen molar-refractivity contribution in [3.63, 3.8) is 0 Å². The smallest absolute Gasteiger partial charge is 0.246 e. The summed E-state index contributed by atoms with van der Waals surface area (Å²) in [4.78, 5) is 21.1. The van der Waals surface area contributed by atoms with Crippen LogP contribution in [0.1, 0.15) is 24.8 Å². The highest BCUT2D eigenvalue weighted by Crippen LogP contribution is 2.35. The molecule has 3 aliphatic rings. The predicted octanol–water partition coefficient (Wildman–Crippen LogP) is 2.57. The zero-order valence-electron chi connectivity index (χ0n) is 19.8. The van der Waals surface area contributed by atoms with Crippen molar-refractivity contribution in [1.29, 1.82) is 5.41 Å². The molecular formula is C26H33N5O3. The molecule has 2 atom stereocenters. The fraction of sp³-hybridized carbons (Fsp3) is 0.423. The number of nitrogens with two attached hydrogens (primary N) is 1. The standard InChI is InChI=1S/C26H33N5O3/c1-30(2)12-5-10-23(33)31-13-11-17(16-31)25-24(22-9-6-14-34-22)19(26(28)29-25)15-20(27)18-7-3-4-8-21(18)32/h3-5,7-8,10,15,17,22,28,32H,6,9,11-14,16,27H2,1-2H3/b10-5+,20-15-,28-26?. The minimum Gasteiger partial charge on any atom is -0.507 e. The SMILES string of the molecule is CN(C)C/C=C/C(=O)N1CCC(C2=NC(=N)C(/C=C(\N)c3ccccc3O)=C2C2CCCO2)C1. The number of benzene rings is 1. The van der Waals surface area contributed by atoms with Crippen LogP contribution in [0.3, 0.4) is 0 Å². The third-order valence-corrected chi connectivity index (χ3v) is 6.44. The molecule has 0 saturated carbocycles. The molecule has 1 aromatic carbocycles. The van der Waals surface area contributed by atoms with E-state index >= 15 is 0 Å². The molecule has 8 nitrogen and oxygen atoms in total. The average Bonchev–Trinajstić information content (AvgIpc) is 3.54. The lowest BCUT2D eigenvalue weighted by Gasteiger charge is -2.20. The van der Waals surface area contributed by atoms with E-state index in [4.69, 9.17) is 15.9 Å². The summed E-state index contributed by atoms with van der Waals surface area (Å²) in [5, 5.41) is 18.8. The first-order valence-corrected chi connectivity index (χ1v) is 11.7. The molecular weight excluding hydrogens is 430 g/mol. The summed E-state index contributed by atoms with van der Waals surface area (Å²) in [6, 6.07) is 6.89. The molecule has 2 unspecified atom stereocenters. The summed E-state index contributed by atoms with van der Waals surface area (Å²) < 4.78 is 6.01. The zero-order chi connectivity index (χ0) is 24.2. The Bertz CT molecular complexity index is 1080. The third kappa shape index (κ3) is 5.13. The summed E-state index contributed by atoms with van der Waals surface area (Å²) in [6.45, 7) is 2.62. The Kier molecular flexibility index (Phi) is 7.29. The maximum Gasteiger partial charge on any atom is 0.246 e. The monoisotopic (exact) mass is 463 g/mol. The molecule has 3 heterocycles. The molecule has 0 aromatic heterocycles. The first-order chi connectivity index (χ1) is 16.3. The Morgan fingerprint density at radius 3 is 2.85 bits per heavy atom. The van der Waals surface area contributed by atoms with E-state index in [9.17, 15) is 9.90 Å². The van der Waals surface area contributed by atoms with Crippen LogP contribution in [0.5, 0.6) is 5.75 Å². The van der Waals surface area contributed by atoms with E-state index in [1.54, 1.807) is 30.4 Å². The second kappa shape index (κ2) is 10.4. The van der Waals surface area contributed by atoms with Crippen molar-refractivity contribution >= 4 is 23.2 Å². The quantitative estimate of drug-likeness (QED) is 0.538. The van der Waals surface area contributed by atoms with Gasteiger partial charge in [0.1, 0.15) is 5.75 Å². The predicted molar refractivity (Wildman–Crippen MR) is 134 cm³/mol. The number of amides is 1. The molecule has 2 saturated heterocycles.